The number of hydrogen-bond donors (Lipinski definition) is 0. The Labute approximate surface area is 217 Å². The number of nitrogens with zero attached hydrogens (tertiary/aromatic N) is 1. The molecule has 180 valence electrons. The van der Waals surface area contributed by atoms with Crippen LogP contribution in [-0.4, -0.2) is 24.9 Å². The molecule has 1 aliphatic rings. The lowest BCUT2D eigenvalue weighted by atomic mass is 10.1. The Bertz CT molecular complexity index is 1310. The standard InChI is InChI=1S/C26H21Cl2NO5S/c1-3-33-23-13-16(9-11-22(23)34-15-17-8-10-18(27)19(28)12-17)14-24-25(30)29(26(31)35-24)20-6-4-5-7-21(20)32-2/h4-14H,3,15H2,1-2H3/b24-14-. The molecule has 1 fully saturated rings. The first-order valence-electron chi connectivity index (χ1n) is 10.7. The molecule has 6 nitrogen and oxygen atoms in total. The number of carbonyl (C=O) groups is 2. The van der Waals surface area contributed by atoms with Gasteiger partial charge in [-0.1, -0.05) is 47.5 Å². The number of methoxy groups -OCH3 is 1. The van der Waals surface area contributed by atoms with Crippen molar-refractivity contribution in [1.29, 1.82) is 0 Å². The normalized spacial score (nSPS) is 14.5. The Morgan fingerprint density at radius 1 is 0.914 bits per heavy atom. The van der Waals surface area contributed by atoms with Crippen LogP contribution in [0.15, 0.2) is 65.6 Å². The van der Waals surface area contributed by atoms with E-state index < -0.39 is 11.1 Å². The minimum absolute atomic E-state index is 0.272. The number of benzene rings is 3. The summed E-state index contributed by atoms with van der Waals surface area (Å²) in [5.74, 6) is 1.09. The first kappa shape index (κ1) is 25.0. The fraction of sp³-hybridized carbons (Fsp3) is 0.154. The molecule has 0 atom stereocenters. The van der Waals surface area contributed by atoms with E-state index in [1.807, 2.05) is 13.0 Å². The van der Waals surface area contributed by atoms with Gasteiger partial charge in [-0.3, -0.25) is 9.59 Å². The van der Waals surface area contributed by atoms with Crippen LogP contribution < -0.4 is 19.1 Å². The summed E-state index contributed by atoms with van der Waals surface area (Å²) in [5, 5.41) is 0.539. The zero-order valence-electron chi connectivity index (χ0n) is 18.9. The van der Waals surface area contributed by atoms with Crippen molar-refractivity contribution in [3.05, 3.63) is 86.7 Å². The number of amides is 2. The first-order valence-corrected chi connectivity index (χ1v) is 12.2. The topological polar surface area (TPSA) is 65.1 Å². The molecule has 1 saturated heterocycles. The molecule has 1 heterocycles. The molecule has 0 N–H and O–H groups in total. The van der Waals surface area contributed by atoms with Crippen LogP contribution in [0.1, 0.15) is 18.1 Å². The molecule has 0 spiro atoms. The van der Waals surface area contributed by atoms with Crippen molar-refractivity contribution < 1.29 is 23.8 Å². The number of ether oxygens (including phenoxy) is 3. The molecule has 2 amide bonds. The quantitative estimate of drug-likeness (QED) is 0.287. The van der Waals surface area contributed by atoms with Crippen molar-refractivity contribution >= 4 is 57.9 Å². The summed E-state index contributed by atoms with van der Waals surface area (Å²) in [6, 6.07) is 17.5. The first-order chi connectivity index (χ1) is 16.9. The maximum Gasteiger partial charge on any atom is 0.298 e. The van der Waals surface area contributed by atoms with E-state index in [1.165, 1.54) is 7.11 Å². The largest absolute Gasteiger partial charge is 0.495 e. The Hall–Kier alpha value is -3.13. The van der Waals surface area contributed by atoms with Crippen LogP contribution in [0.4, 0.5) is 10.5 Å². The molecule has 0 aliphatic carbocycles. The number of imide groups is 1. The van der Waals surface area contributed by atoms with Crippen LogP contribution in [0, 0.1) is 0 Å². The highest BCUT2D eigenvalue weighted by atomic mass is 35.5. The van der Waals surface area contributed by atoms with Gasteiger partial charge in [-0.2, -0.15) is 0 Å². The number of anilines is 1. The number of hydrogen-bond acceptors (Lipinski definition) is 6. The molecule has 0 radical (unpaired) electrons. The van der Waals surface area contributed by atoms with E-state index in [1.54, 1.807) is 60.7 Å². The molecule has 0 aromatic heterocycles. The summed E-state index contributed by atoms with van der Waals surface area (Å²) in [6.07, 6.45) is 1.66. The Balaban J connectivity index is 1.56. The molecule has 0 unspecified atom stereocenters. The van der Waals surface area contributed by atoms with Crippen LogP contribution in [-0.2, 0) is 11.4 Å². The van der Waals surface area contributed by atoms with Crippen LogP contribution in [0.2, 0.25) is 10.0 Å². The number of rotatable bonds is 8. The van der Waals surface area contributed by atoms with E-state index in [2.05, 4.69) is 0 Å². The molecule has 9 heteroatoms. The number of thioether (sulfide) groups is 1. The molecular weight excluding hydrogens is 509 g/mol. The maximum atomic E-state index is 13.1. The van der Waals surface area contributed by atoms with E-state index in [9.17, 15) is 9.59 Å². The lowest BCUT2D eigenvalue weighted by molar-refractivity contribution is -0.113. The molecule has 3 aromatic rings. The average molecular weight is 530 g/mol. The van der Waals surface area contributed by atoms with Crippen molar-refractivity contribution in [1.82, 2.24) is 0 Å². The van der Waals surface area contributed by atoms with Crippen molar-refractivity contribution in [2.75, 3.05) is 18.6 Å². The van der Waals surface area contributed by atoms with Gasteiger partial charge < -0.3 is 14.2 Å². The van der Waals surface area contributed by atoms with Gasteiger partial charge >= 0.3 is 0 Å². The number of halogens is 2. The van der Waals surface area contributed by atoms with Crippen molar-refractivity contribution in [3.8, 4) is 17.2 Å². The summed E-state index contributed by atoms with van der Waals surface area (Å²) in [4.78, 5) is 27.1. The van der Waals surface area contributed by atoms with Gasteiger partial charge in [-0.15, -0.1) is 0 Å². The van der Waals surface area contributed by atoms with Gasteiger partial charge in [0.1, 0.15) is 12.4 Å². The third-order valence-corrected chi connectivity index (χ3v) is 6.67. The molecule has 1 aliphatic heterocycles. The predicted octanol–water partition coefficient (Wildman–Crippen LogP) is 7.22. The Kier molecular flexibility index (Phi) is 7.90. The zero-order chi connectivity index (χ0) is 24.9. The van der Waals surface area contributed by atoms with E-state index in [4.69, 9.17) is 37.4 Å². The summed E-state index contributed by atoms with van der Waals surface area (Å²) >= 11 is 12.9. The Morgan fingerprint density at radius 2 is 1.71 bits per heavy atom. The van der Waals surface area contributed by atoms with Gasteiger partial charge in [-0.05, 0) is 72.3 Å². The van der Waals surface area contributed by atoms with Crippen LogP contribution in [0.5, 0.6) is 17.2 Å². The molecule has 3 aromatic carbocycles. The minimum atomic E-state index is -0.414. The molecule has 0 saturated carbocycles. The molecule has 35 heavy (non-hydrogen) atoms. The lowest BCUT2D eigenvalue weighted by Crippen LogP contribution is -2.28. The molecule has 0 bridgehead atoms. The highest BCUT2D eigenvalue weighted by Crippen LogP contribution is 2.40. The lowest BCUT2D eigenvalue weighted by Gasteiger charge is -2.15. The Morgan fingerprint density at radius 3 is 2.46 bits per heavy atom. The number of carbonyl (C=O) groups excluding carboxylic acids is 2. The van der Waals surface area contributed by atoms with Crippen LogP contribution >= 0.6 is 35.0 Å². The second-order valence-electron chi connectivity index (χ2n) is 7.37. The third kappa shape index (κ3) is 5.59. The average Bonchev–Trinajstić information content (AvgIpc) is 3.13. The summed E-state index contributed by atoms with van der Waals surface area (Å²) in [5.41, 5.74) is 1.96. The predicted molar refractivity (Wildman–Crippen MR) is 140 cm³/mol. The van der Waals surface area contributed by atoms with Gasteiger partial charge in [0.25, 0.3) is 11.1 Å². The maximum absolute atomic E-state index is 13.1. The van der Waals surface area contributed by atoms with Crippen molar-refractivity contribution in [2.24, 2.45) is 0 Å². The molecular formula is C26H21Cl2NO5S. The van der Waals surface area contributed by atoms with E-state index in [0.29, 0.717) is 50.1 Å². The van der Waals surface area contributed by atoms with Gasteiger partial charge in [-0.25, -0.2) is 4.90 Å². The highest BCUT2D eigenvalue weighted by Gasteiger charge is 2.37. The highest BCUT2D eigenvalue weighted by molar-refractivity contribution is 8.19. The number of para-hydroxylation sites is 2. The monoisotopic (exact) mass is 529 g/mol. The second kappa shape index (κ2) is 11.1. The second-order valence-corrected chi connectivity index (χ2v) is 9.17. The van der Waals surface area contributed by atoms with Crippen molar-refractivity contribution in [3.63, 3.8) is 0 Å². The smallest absolute Gasteiger partial charge is 0.298 e. The van der Waals surface area contributed by atoms with E-state index >= 15 is 0 Å². The van der Waals surface area contributed by atoms with Gasteiger partial charge in [0.2, 0.25) is 0 Å². The van der Waals surface area contributed by atoms with Crippen LogP contribution in [0.3, 0.4) is 0 Å². The zero-order valence-corrected chi connectivity index (χ0v) is 21.2. The summed E-state index contributed by atoms with van der Waals surface area (Å²) < 4.78 is 17.0. The fourth-order valence-corrected chi connectivity index (χ4v) is 4.59. The fourth-order valence-electron chi connectivity index (χ4n) is 3.43. The summed E-state index contributed by atoms with van der Waals surface area (Å²) in [6.45, 7) is 2.57. The van der Waals surface area contributed by atoms with Crippen LogP contribution in [0.25, 0.3) is 6.08 Å². The third-order valence-electron chi connectivity index (χ3n) is 5.06. The van der Waals surface area contributed by atoms with E-state index in [-0.39, 0.29) is 6.61 Å². The SMILES string of the molecule is CCOc1cc(/C=C2\SC(=O)N(c3ccccc3OC)C2=O)ccc1OCc1ccc(Cl)c(Cl)c1. The van der Waals surface area contributed by atoms with Gasteiger partial charge in [0.05, 0.1) is 34.4 Å². The van der Waals surface area contributed by atoms with Gasteiger partial charge in [0.15, 0.2) is 11.5 Å². The van der Waals surface area contributed by atoms with Gasteiger partial charge in [0, 0.05) is 0 Å². The molecule has 4 rings (SSSR count). The minimum Gasteiger partial charge on any atom is -0.495 e. The van der Waals surface area contributed by atoms with E-state index in [0.717, 1.165) is 22.2 Å². The summed E-state index contributed by atoms with van der Waals surface area (Å²) in [7, 11) is 1.49. The van der Waals surface area contributed by atoms with Crippen molar-refractivity contribution in [2.45, 2.75) is 13.5 Å².